The van der Waals surface area contributed by atoms with E-state index in [0.29, 0.717) is 122 Å². The number of carboxylic acids is 5. The van der Waals surface area contributed by atoms with Gasteiger partial charge in [0, 0.05) is 110 Å². The van der Waals surface area contributed by atoms with Crippen LogP contribution in [0.5, 0.6) is 5.75 Å². The van der Waals surface area contributed by atoms with Crippen LogP contribution < -0.4 is 84.7 Å². The highest BCUT2D eigenvalue weighted by molar-refractivity contribution is 8.76. The average molecular weight is 2070 g/mol. The predicted molar refractivity (Wildman–Crippen MR) is 534 cm³/mol. The summed E-state index contributed by atoms with van der Waals surface area (Å²) in [6, 6.07) is 4.54. The van der Waals surface area contributed by atoms with E-state index in [9.17, 15) is 102 Å². The van der Waals surface area contributed by atoms with Crippen LogP contribution >= 0.6 is 21.6 Å². The summed E-state index contributed by atoms with van der Waals surface area (Å²) in [5.41, 5.74) is 15.8. The van der Waals surface area contributed by atoms with E-state index >= 15 is 0 Å². The van der Waals surface area contributed by atoms with Crippen LogP contribution in [-0.4, -0.2) is 300 Å². The summed E-state index contributed by atoms with van der Waals surface area (Å²) in [5, 5.41) is 91.6. The third-order valence-corrected chi connectivity index (χ3v) is 28.8. The first-order valence-corrected chi connectivity index (χ1v) is 50.5. The van der Waals surface area contributed by atoms with E-state index in [0.717, 1.165) is 47.6 Å². The smallest absolute Gasteiger partial charge is 0.410 e. The molecule has 12 rings (SSSR count). The van der Waals surface area contributed by atoms with Gasteiger partial charge >= 0.3 is 35.9 Å². The Kier molecular flexibility index (Phi) is 39.2. The summed E-state index contributed by atoms with van der Waals surface area (Å²) in [4.78, 5) is 243. The summed E-state index contributed by atoms with van der Waals surface area (Å²) in [6.07, 6.45) is 5.59. The Morgan fingerprint density at radius 2 is 1.39 bits per heavy atom. The Balaban J connectivity index is 0.638. The number of nitrogens with two attached hydrogens (primary N) is 2. The highest BCUT2D eigenvalue weighted by Gasteiger charge is 2.44. The van der Waals surface area contributed by atoms with Crippen LogP contribution in [-0.2, 0) is 80.1 Å². The van der Waals surface area contributed by atoms with Gasteiger partial charge in [-0.1, -0.05) is 70.5 Å². The van der Waals surface area contributed by atoms with Crippen molar-refractivity contribution in [3.63, 3.8) is 0 Å². The first kappa shape index (κ1) is 110. The molecule has 786 valence electrons. The fourth-order valence-electron chi connectivity index (χ4n) is 17.7. The zero-order valence-corrected chi connectivity index (χ0v) is 83.0. The van der Waals surface area contributed by atoms with Gasteiger partial charge < -0.3 is 124 Å². The van der Waals surface area contributed by atoms with Gasteiger partial charge in [0.25, 0.3) is 17.4 Å². The van der Waals surface area contributed by atoms with E-state index < -0.39 is 175 Å². The van der Waals surface area contributed by atoms with Gasteiger partial charge in [0.15, 0.2) is 22.9 Å². The van der Waals surface area contributed by atoms with Crippen molar-refractivity contribution in [1.82, 2.24) is 97.2 Å². The lowest BCUT2D eigenvalue weighted by molar-refractivity contribution is -0.145. The highest BCUT2D eigenvalue weighted by Crippen LogP contribution is 2.42. The maximum atomic E-state index is 14.7. The first-order chi connectivity index (χ1) is 70.4. The van der Waals surface area contributed by atoms with Crippen molar-refractivity contribution in [2.75, 3.05) is 78.9 Å². The maximum Gasteiger partial charge on any atom is 0.410 e. The molecule has 3 fully saturated rings. The molecular formula is C95H120N26O24S2. The number of hydrogen-bond acceptors (Lipinski definition) is 33. The monoisotopic (exact) mass is 2070 g/mol. The number of amides is 10. The second-order valence-corrected chi connectivity index (χ2v) is 38.8. The number of methoxy groups -OCH3 is 1. The zero-order valence-electron chi connectivity index (χ0n) is 81.3. The molecule has 3 aromatic carbocycles. The van der Waals surface area contributed by atoms with Crippen molar-refractivity contribution >= 4 is 163 Å². The second kappa shape index (κ2) is 52.3. The summed E-state index contributed by atoms with van der Waals surface area (Å²) in [6.45, 7) is 6.56. The van der Waals surface area contributed by atoms with Gasteiger partial charge in [-0.3, -0.25) is 72.7 Å². The van der Waals surface area contributed by atoms with Gasteiger partial charge in [0.1, 0.15) is 65.5 Å². The molecule has 0 spiro atoms. The van der Waals surface area contributed by atoms with Crippen LogP contribution in [0.15, 0.2) is 84.0 Å². The normalized spacial score (nSPS) is 17.6. The Labute approximate surface area is 850 Å². The molecule has 4 aromatic heterocycles. The summed E-state index contributed by atoms with van der Waals surface area (Å²) in [5.74, 6) is -8.31. The number of ether oxygens (including phenoxy) is 3. The fraction of sp³-hybridized carbons (Fsp3) is 0.495. The van der Waals surface area contributed by atoms with Gasteiger partial charge in [-0.2, -0.15) is 9.97 Å². The topological polar surface area (TPSA) is 722 Å². The minimum atomic E-state index is -2.19. The predicted octanol–water partition coefficient (Wildman–Crippen LogP) is 3.63. The number of carbonyl (C=O) groups excluding carboxylic acids is 10. The standard InChI is InChI=1S/C95H120N26O24S2/c1-6-71-89(137)117(4)72-47-103-94(113-81(72)121(71)59-15-7-8-16-59)111-63-29-21-54(41-73(63)143-5)70-49-120(116-115-70)58-26-24-57(25-27-58)118(37-39-144-38-10-9-13-52-14-11-17-61-62(52)48-119(88(61)136)60-28-32-74(122)101-46-60)95(142)145-50(2)51(3)147-146-40-35-67(91(140)141)108-85(133)68(42-77(126)127)110-86(134)69(43-78(128)129)109-83(131)64(18-12-36-99-92(96)97)106-84(132)65(31-34-76(124)125)105-75(123)33-30-66(90(138)139)107-82(130)53-19-22-55(23-20-53)100-44-56-45-102-80-79(104-56)87(135)114-93(98)112-80/h11,14,17,19-23,29,41,45,47,49-51,57-60,64-69,71,100H,6-8,10,12,15-16,18,24-28,30-40,42-44,46,48H2,1-5H3,(H,101,122)(H,105,123)(H,106,132)(H,107,130)(H,108,133)(H,109,131)(H,110,134)(H,124,125)(H,126,127)(H,128,129)(H,138,139)(H,140,141)(H4,96,97,99)(H,103,111,113)(H3,98,102,112,114,135)/t50?,51?,57?,58?,60?,64-,65-,66+,67-,68-,69-,71-/m1/s1. The van der Waals surface area contributed by atoms with Gasteiger partial charge in [0.2, 0.25) is 53.2 Å². The van der Waals surface area contributed by atoms with Crippen LogP contribution in [0, 0.1) is 17.3 Å². The molecule has 0 bridgehead atoms. The minimum absolute atomic E-state index is 0.000646. The minimum Gasteiger partial charge on any atom is -0.495 e. The van der Waals surface area contributed by atoms with Crippen molar-refractivity contribution in [2.24, 2.45) is 5.73 Å². The molecule has 3 unspecified atom stereocenters. The molecule has 10 atom stereocenters. The number of guanidine groups is 1. The molecule has 7 aromatic rings. The number of nitrogens with one attached hydrogen (secondary N) is 12. The van der Waals surface area contributed by atoms with E-state index in [2.05, 4.69) is 105 Å². The number of carbonyl (C=O) groups is 15. The van der Waals surface area contributed by atoms with Crippen LogP contribution in [0.3, 0.4) is 0 Å². The Bertz CT molecular complexity index is 6140. The molecule has 52 heteroatoms. The van der Waals surface area contributed by atoms with E-state index in [1.165, 1.54) is 41.3 Å². The van der Waals surface area contributed by atoms with E-state index in [1.54, 1.807) is 61.0 Å². The molecule has 10 amide bonds. The average Bonchev–Trinajstić information content (AvgIpc) is 1.51. The van der Waals surface area contributed by atoms with Crippen molar-refractivity contribution in [2.45, 2.75) is 247 Å². The van der Waals surface area contributed by atoms with E-state index in [1.807, 2.05) is 42.1 Å². The van der Waals surface area contributed by atoms with Crippen molar-refractivity contribution in [1.29, 1.82) is 5.41 Å². The molecule has 1 saturated heterocycles. The number of nitrogen functional groups attached to an aromatic ring is 1. The maximum absolute atomic E-state index is 14.7. The number of aromatic nitrogens is 9. The third-order valence-electron chi connectivity index (χ3n) is 25.7. The van der Waals surface area contributed by atoms with E-state index in [4.69, 9.17) is 36.1 Å². The lowest BCUT2D eigenvalue weighted by Crippen LogP contribution is -2.59. The molecule has 5 aliphatic rings. The van der Waals surface area contributed by atoms with Crippen molar-refractivity contribution in [3.05, 3.63) is 118 Å². The molecule has 3 aliphatic heterocycles. The molecule has 21 N–H and O–H groups in total. The first-order valence-electron chi connectivity index (χ1n) is 48.1. The van der Waals surface area contributed by atoms with Crippen LogP contribution in [0.25, 0.3) is 22.4 Å². The number of rotatable bonds is 51. The molecule has 50 nitrogen and oxygen atoms in total. The number of anilines is 6. The third kappa shape index (κ3) is 30.3. The van der Waals surface area contributed by atoms with Crippen LogP contribution in [0.1, 0.15) is 199 Å². The number of carboxylic acid groups (broad SMARTS) is 5. The molecule has 147 heavy (non-hydrogen) atoms. The van der Waals surface area contributed by atoms with Crippen molar-refractivity contribution < 1.29 is 112 Å². The molecule has 2 aliphatic carbocycles. The number of nitrogens with zero attached hydrogens (tertiary/aromatic N) is 12. The SMILES string of the molecule is CC[C@@H]1C(=O)N(C)c2cnc(Nc3ccc(-c4cn(C5CCC(N(CCOCCC#Cc6cccc7c6CN(C6CCC(=O)NC6)C7=O)C(=O)OC(C)C(C)SSCC[C@@H](NC(=O)[C@@H](CC(=O)O)NC(=O)[C@@H](CC(=O)O)NC(=O)[C@@H](CCCNC(=N)N)NC(=O)[C@@H](CCC(=O)O)NC(=O)CC[C@H](NC(=O)c6ccc(NCc7cnc8nc(N)[nH]c(=O)c8n7)cc6)C(=O)O)C(=O)O)CC5)nn4)cc3OC)nc2N1C1CCCC1. The number of likely N-dealkylation sites (N-methyl/N-ethyl adjacent to an activating group) is 1. The van der Waals surface area contributed by atoms with Gasteiger partial charge in [-0.05, 0) is 151 Å². The van der Waals surface area contributed by atoms with E-state index in [-0.39, 0.29) is 122 Å². The summed E-state index contributed by atoms with van der Waals surface area (Å²) < 4.78 is 20.1. The fourth-order valence-corrected chi connectivity index (χ4v) is 20.2. The highest BCUT2D eigenvalue weighted by atomic mass is 33.1. The number of piperidine rings is 1. The Morgan fingerprint density at radius 3 is 2.05 bits per heavy atom. The number of H-pyrrole nitrogens is 1. The van der Waals surface area contributed by atoms with Gasteiger partial charge in [-0.15, -0.1) is 5.10 Å². The quantitative estimate of drug-likeness (QED) is 0.00851. The van der Waals surface area contributed by atoms with Gasteiger partial charge in [-0.25, -0.2) is 34.0 Å². The molecular weight excluding hydrogens is 1950 g/mol. The number of benzene rings is 3. The summed E-state index contributed by atoms with van der Waals surface area (Å²) >= 11 is 0. The number of fused-ring (bicyclic) bond motifs is 3. The van der Waals surface area contributed by atoms with Crippen LogP contribution in [0.4, 0.5) is 39.6 Å². The zero-order chi connectivity index (χ0) is 106. The Hall–Kier alpha value is -15.6. The number of hydrogen-bond donors (Lipinski definition) is 19. The largest absolute Gasteiger partial charge is 0.495 e. The summed E-state index contributed by atoms with van der Waals surface area (Å²) in [7, 11) is 5.69. The second-order valence-electron chi connectivity index (χ2n) is 35.9. The molecule has 7 heterocycles. The Morgan fingerprint density at radius 1 is 0.721 bits per heavy atom. The number of aromatic amines is 1. The lowest BCUT2D eigenvalue weighted by atomic mass is 9.90. The lowest BCUT2D eigenvalue weighted by Gasteiger charge is -2.43. The van der Waals surface area contributed by atoms with Gasteiger partial charge in [0.05, 0.1) is 81.8 Å². The molecule has 0 radical (unpaired) electrons. The van der Waals surface area contributed by atoms with Crippen molar-refractivity contribution in [3.8, 4) is 28.8 Å². The molecule has 2 saturated carbocycles. The van der Waals surface area contributed by atoms with Crippen LogP contribution in [0.2, 0.25) is 0 Å². The number of aliphatic carboxylic acids is 5.